The second-order valence-electron chi connectivity index (χ2n) is 2.12. The minimum absolute atomic E-state index is 0.0208. The van der Waals surface area contributed by atoms with Gasteiger partial charge >= 0.3 is 0 Å². The fourth-order valence-electron chi connectivity index (χ4n) is 0.164. The summed E-state index contributed by atoms with van der Waals surface area (Å²) < 4.78 is 11.1. The van der Waals surface area contributed by atoms with Gasteiger partial charge in [-0.1, -0.05) is 0 Å². The van der Waals surface area contributed by atoms with Crippen LogP contribution >= 0.6 is 0 Å². The number of hydrogen-bond acceptors (Lipinski definition) is 2. The molecule has 3 heteroatoms. The van der Waals surface area contributed by atoms with E-state index in [-0.39, 0.29) is 6.54 Å². The molecule has 0 aromatic carbocycles. The fourth-order valence-corrected chi connectivity index (χ4v) is 0.164. The predicted octanol–water partition coefficient (Wildman–Crippen LogP) is 0.231. The van der Waals surface area contributed by atoms with Gasteiger partial charge in [-0.2, -0.15) is 5.54 Å². The van der Waals surface area contributed by atoms with Gasteiger partial charge in [-0.05, 0) is 13.8 Å². The van der Waals surface area contributed by atoms with E-state index in [9.17, 15) is 4.48 Å². The van der Waals surface area contributed by atoms with Crippen LogP contribution in [0.1, 0.15) is 13.8 Å². The highest BCUT2D eigenvalue weighted by molar-refractivity contribution is 4.64. The smallest absolute Gasteiger partial charge is 0.0741 e. The van der Waals surface area contributed by atoms with Crippen molar-refractivity contribution in [2.45, 2.75) is 19.4 Å². The molecule has 0 saturated heterocycles. The molecule has 0 bridgehead atoms. The summed E-state index contributed by atoms with van der Waals surface area (Å²) in [5, 5.41) is 8.72. The number of hydrogen-bond donors (Lipinski definition) is 2. The highest BCUT2D eigenvalue weighted by Crippen LogP contribution is 1.95. The molecule has 0 heterocycles. The van der Waals surface area contributed by atoms with Gasteiger partial charge in [0.05, 0.1) is 12.1 Å². The summed E-state index contributed by atoms with van der Waals surface area (Å²) in [7, 11) is 0. The van der Waals surface area contributed by atoms with Crippen LogP contribution < -0.4 is 5.54 Å². The van der Waals surface area contributed by atoms with Crippen LogP contribution in [0.5, 0.6) is 0 Å². The third-order valence-electron chi connectivity index (χ3n) is 0.499. The molecule has 0 aromatic rings. The lowest BCUT2D eigenvalue weighted by Gasteiger charge is -2.12. The Balaban J connectivity index is 3.15. The van der Waals surface area contributed by atoms with Gasteiger partial charge in [-0.25, -0.2) is 0 Å². The third-order valence-corrected chi connectivity index (χ3v) is 0.499. The van der Waals surface area contributed by atoms with Crippen LogP contribution in [-0.2, 0) is 0 Å². The van der Waals surface area contributed by atoms with E-state index in [0.29, 0.717) is 0 Å². The normalized spacial score (nSPS) is 12.0. The van der Waals surface area contributed by atoms with Crippen molar-refractivity contribution in [2.75, 3.05) is 6.54 Å². The van der Waals surface area contributed by atoms with Crippen molar-refractivity contribution in [3.63, 3.8) is 0 Å². The lowest BCUT2D eigenvalue weighted by atomic mass is 10.1. The summed E-state index contributed by atoms with van der Waals surface area (Å²) in [6.07, 6.45) is 0. The highest BCUT2D eigenvalue weighted by atomic mass is 19.2. The molecule has 0 atom stereocenters. The Morgan fingerprint density at radius 2 is 2.14 bits per heavy atom. The van der Waals surface area contributed by atoms with Gasteiger partial charge in [0.25, 0.3) is 0 Å². The molecule has 0 fully saturated rings. The number of nitrogens with one attached hydrogen (secondary N) is 1. The molecular weight excluding hydrogens is 97.0 g/mol. The zero-order valence-electron chi connectivity index (χ0n) is 4.53. The lowest BCUT2D eigenvalue weighted by Crippen LogP contribution is -2.30. The van der Waals surface area contributed by atoms with Crippen molar-refractivity contribution in [2.24, 2.45) is 0 Å². The van der Waals surface area contributed by atoms with Gasteiger partial charge in [-0.3, -0.25) is 0 Å². The second-order valence-corrected chi connectivity index (χ2v) is 2.12. The Labute approximate surface area is 42.3 Å². The molecule has 0 amide bonds. The van der Waals surface area contributed by atoms with Gasteiger partial charge in [-0.15, -0.1) is 4.48 Å². The van der Waals surface area contributed by atoms with E-state index in [1.54, 1.807) is 0 Å². The van der Waals surface area contributed by atoms with E-state index < -0.39 is 5.60 Å². The number of rotatable bonds is 2. The second kappa shape index (κ2) is 2.23. The Bertz CT molecular complexity index is 50.1. The molecule has 0 saturated carbocycles. The van der Waals surface area contributed by atoms with Crippen molar-refractivity contribution in [3.05, 3.63) is 0 Å². The molecule has 0 radical (unpaired) electrons. The minimum atomic E-state index is -0.936. The molecule has 0 spiro atoms. The predicted molar refractivity (Wildman–Crippen MR) is 25.4 cm³/mol. The van der Waals surface area contributed by atoms with Crippen molar-refractivity contribution >= 4 is 0 Å². The SMILES string of the molecule is CC(C)(O)CNF. The first-order valence-electron chi connectivity index (χ1n) is 2.12. The molecule has 7 heavy (non-hydrogen) atoms. The molecular formula is C4H10FNO. The number of aliphatic hydroxyl groups is 1. The molecule has 0 unspecified atom stereocenters. The van der Waals surface area contributed by atoms with Crippen molar-refractivity contribution in [1.82, 2.24) is 5.54 Å². The van der Waals surface area contributed by atoms with Crippen LogP contribution in [0.3, 0.4) is 0 Å². The van der Waals surface area contributed by atoms with E-state index in [4.69, 9.17) is 5.11 Å². The Hall–Kier alpha value is -0.150. The summed E-state index contributed by atoms with van der Waals surface area (Å²) in [6, 6.07) is 0. The molecule has 0 aliphatic rings. The first-order valence-corrected chi connectivity index (χ1v) is 2.12. The van der Waals surface area contributed by atoms with Crippen LogP contribution in [0.15, 0.2) is 0 Å². The van der Waals surface area contributed by atoms with Gasteiger partial charge in [0.2, 0.25) is 0 Å². The van der Waals surface area contributed by atoms with Crippen molar-refractivity contribution in [3.8, 4) is 0 Å². The molecule has 0 aromatic heterocycles. The summed E-state index contributed by atoms with van der Waals surface area (Å²) in [5.41, 5.74) is 0.422. The van der Waals surface area contributed by atoms with Crippen LogP contribution in [0.2, 0.25) is 0 Å². The van der Waals surface area contributed by atoms with E-state index in [2.05, 4.69) is 0 Å². The minimum Gasteiger partial charge on any atom is -0.389 e. The lowest BCUT2D eigenvalue weighted by molar-refractivity contribution is 0.0605. The molecule has 44 valence electrons. The van der Waals surface area contributed by atoms with Gasteiger partial charge in [0, 0.05) is 0 Å². The maximum Gasteiger partial charge on any atom is 0.0741 e. The zero-order chi connectivity index (χ0) is 5.91. The van der Waals surface area contributed by atoms with Crippen LogP contribution in [0, 0.1) is 0 Å². The average molecular weight is 107 g/mol. The largest absolute Gasteiger partial charge is 0.389 e. The Morgan fingerprint density at radius 3 is 2.14 bits per heavy atom. The first kappa shape index (κ1) is 6.85. The topological polar surface area (TPSA) is 32.3 Å². The maximum atomic E-state index is 11.1. The maximum absolute atomic E-state index is 11.1. The summed E-state index contributed by atoms with van der Waals surface area (Å²) >= 11 is 0. The average Bonchev–Trinajstić information content (AvgIpc) is 1.30. The fraction of sp³-hybridized carbons (Fsp3) is 1.00. The Morgan fingerprint density at radius 1 is 1.71 bits per heavy atom. The molecule has 0 rings (SSSR count). The van der Waals surface area contributed by atoms with Crippen molar-refractivity contribution in [1.29, 1.82) is 0 Å². The van der Waals surface area contributed by atoms with E-state index in [1.165, 1.54) is 19.4 Å². The van der Waals surface area contributed by atoms with Crippen molar-refractivity contribution < 1.29 is 9.59 Å². The first-order chi connectivity index (χ1) is 3.06. The van der Waals surface area contributed by atoms with E-state index in [0.717, 1.165) is 0 Å². The molecule has 2 N–H and O–H groups in total. The van der Waals surface area contributed by atoms with Crippen LogP contribution in [0.4, 0.5) is 4.48 Å². The quantitative estimate of drug-likeness (QED) is 0.495. The summed E-state index contributed by atoms with van der Waals surface area (Å²) in [4.78, 5) is 0. The summed E-state index contributed by atoms with van der Waals surface area (Å²) in [5.74, 6) is 0. The standard InChI is InChI=1S/C4H10FNO/c1-4(2,7)3-6-5/h6-7H,3H2,1-2H3. The monoisotopic (exact) mass is 107 g/mol. The number of halogens is 1. The Kier molecular flexibility index (Phi) is 2.19. The molecule has 0 aliphatic heterocycles. The van der Waals surface area contributed by atoms with Crippen LogP contribution in [-0.4, -0.2) is 17.3 Å². The summed E-state index contributed by atoms with van der Waals surface area (Å²) in [6.45, 7) is 3.03. The van der Waals surface area contributed by atoms with E-state index >= 15 is 0 Å². The van der Waals surface area contributed by atoms with E-state index in [1.807, 2.05) is 0 Å². The van der Waals surface area contributed by atoms with Gasteiger partial charge < -0.3 is 5.11 Å². The van der Waals surface area contributed by atoms with Gasteiger partial charge in [0.15, 0.2) is 0 Å². The highest BCUT2D eigenvalue weighted by Gasteiger charge is 2.09. The van der Waals surface area contributed by atoms with Crippen LogP contribution in [0.25, 0.3) is 0 Å². The zero-order valence-corrected chi connectivity index (χ0v) is 4.53. The molecule has 0 aliphatic carbocycles. The van der Waals surface area contributed by atoms with Gasteiger partial charge in [0.1, 0.15) is 0 Å². The molecule has 2 nitrogen and oxygen atoms in total. The third kappa shape index (κ3) is 5.85.